The van der Waals surface area contributed by atoms with Gasteiger partial charge >= 0.3 is 0 Å². The van der Waals surface area contributed by atoms with Crippen molar-refractivity contribution in [3.63, 3.8) is 0 Å². The van der Waals surface area contributed by atoms with E-state index in [1.807, 2.05) is 0 Å². The van der Waals surface area contributed by atoms with Crippen LogP contribution in [0.2, 0.25) is 5.02 Å². The van der Waals surface area contributed by atoms with Crippen LogP contribution in [-0.4, -0.2) is 15.0 Å². The Kier molecular flexibility index (Phi) is 3.48. The zero-order chi connectivity index (χ0) is 11.6. The van der Waals surface area contributed by atoms with Gasteiger partial charge < -0.3 is 5.11 Å². The van der Waals surface area contributed by atoms with Gasteiger partial charge in [0.15, 0.2) is 0 Å². The Labute approximate surface area is 87.5 Å². The number of aliphatic hydroxyl groups is 1. The molecule has 0 unspecified atom stereocenters. The summed E-state index contributed by atoms with van der Waals surface area (Å²) in [4.78, 5) is 12.8. The number of hydrogen-bond donors (Lipinski definition) is 1. The van der Waals surface area contributed by atoms with E-state index < -0.39 is 34.4 Å². The van der Waals surface area contributed by atoms with Crippen molar-refractivity contribution in [2.24, 2.45) is 0 Å². The molecule has 0 saturated carbocycles. The predicted octanol–water partition coefficient (Wildman–Crippen LogP) is 2.07. The summed E-state index contributed by atoms with van der Waals surface area (Å²) in [6, 6.07) is 0.855. The lowest BCUT2D eigenvalue weighted by atomic mass is 10.2. The Morgan fingerprint density at radius 1 is 1.67 bits per heavy atom. The molecule has 15 heavy (non-hydrogen) atoms. The fourth-order valence-corrected chi connectivity index (χ4v) is 1.20. The fourth-order valence-electron chi connectivity index (χ4n) is 0.947. The van der Waals surface area contributed by atoms with Gasteiger partial charge in [-0.05, 0) is 0 Å². The van der Waals surface area contributed by atoms with Crippen molar-refractivity contribution >= 4 is 17.3 Å². The lowest BCUT2D eigenvalue weighted by Gasteiger charge is -2.04. The quantitative estimate of drug-likeness (QED) is 0.646. The third-order valence-electron chi connectivity index (χ3n) is 1.58. The number of alkyl halides is 2. The van der Waals surface area contributed by atoms with Crippen molar-refractivity contribution in [2.75, 3.05) is 0 Å². The van der Waals surface area contributed by atoms with Gasteiger partial charge in [-0.25, -0.2) is 13.8 Å². The maximum Gasteiger partial charge on any atom is 0.291 e. The highest BCUT2D eigenvalue weighted by molar-refractivity contribution is 6.33. The molecule has 0 amide bonds. The van der Waals surface area contributed by atoms with E-state index in [0.717, 1.165) is 6.07 Å². The summed E-state index contributed by atoms with van der Waals surface area (Å²) in [5, 5.41) is 18.4. The summed E-state index contributed by atoms with van der Waals surface area (Å²) in [7, 11) is 0. The molecule has 1 N–H and O–H groups in total. The molecule has 0 aliphatic rings. The highest BCUT2D eigenvalue weighted by atomic mass is 35.5. The molecule has 0 aromatic carbocycles. The third-order valence-corrected chi connectivity index (χ3v) is 1.97. The van der Waals surface area contributed by atoms with Crippen molar-refractivity contribution < 1.29 is 18.8 Å². The van der Waals surface area contributed by atoms with Crippen molar-refractivity contribution in [1.82, 2.24) is 4.98 Å². The first kappa shape index (κ1) is 11.7. The third kappa shape index (κ3) is 2.37. The summed E-state index contributed by atoms with van der Waals surface area (Å²) in [5.41, 5.74) is -1.80. The Hall–Kier alpha value is -1.34. The van der Waals surface area contributed by atoms with E-state index in [4.69, 9.17) is 16.7 Å². The van der Waals surface area contributed by atoms with Gasteiger partial charge in [0.2, 0.25) is 0 Å². The van der Waals surface area contributed by atoms with Crippen LogP contribution in [0.25, 0.3) is 0 Å². The van der Waals surface area contributed by atoms with Gasteiger partial charge in [0.1, 0.15) is 10.7 Å². The fraction of sp³-hybridized carbons (Fsp3) is 0.286. The SMILES string of the molecule is O=[N+]([O-])c1cc(CO)nc(C(F)F)c1Cl. The summed E-state index contributed by atoms with van der Waals surface area (Å²) in [6.45, 7) is -0.669. The number of nitrogens with zero attached hydrogens (tertiary/aromatic N) is 2. The zero-order valence-electron chi connectivity index (χ0n) is 7.15. The number of aromatic nitrogens is 1. The minimum Gasteiger partial charge on any atom is -0.390 e. The van der Waals surface area contributed by atoms with E-state index in [2.05, 4.69) is 4.98 Å². The molecular formula is C7H5ClF2N2O3. The summed E-state index contributed by atoms with van der Waals surface area (Å²) < 4.78 is 24.7. The molecule has 0 aliphatic carbocycles. The maximum atomic E-state index is 12.3. The Bertz CT molecular complexity index is 400. The molecule has 5 nitrogen and oxygen atoms in total. The molecule has 1 aromatic rings. The predicted molar refractivity (Wildman–Crippen MR) is 46.8 cm³/mol. The van der Waals surface area contributed by atoms with Crippen LogP contribution in [0.15, 0.2) is 6.07 Å². The first-order valence-electron chi connectivity index (χ1n) is 3.70. The lowest BCUT2D eigenvalue weighted by Crippen LogP contribution is -2.01. The highest BCUT2D eigenvalue weighted by Gasteiger charge is 2.24. The average molecular weight is 239 g/mol. The molecule has 1 aromatic heterocycles. The van der Waals surface area contributed by atoms with Crippen LogP contribution in [0, 0.1) is 10.1 Å². The topological polar surface area (TPSA) is 76.3 Å². The van der Waals surface area contributed by atoms with Crippen LogP contribution in [0.1, 0.15) is 17.8 Å². The molecular weight excluding hydrogens is 234 g/mol. The second-order valence-corrected chi connectivity index (χ2v) is 2.93. The van der Waals surface area contributed by atoms with Crippen LogP contribution >= 0.6 is 11.6 Å². The molecule has 0 atom stereocenters. The van der Waals surface area contributed by atoms with E-state index in [9.17, 15) is 18.9 Å². The molecule has 82 valence electrons. The standard InChI is InChI=1S/C7H5ClF2N2O3/c8-5-4(12(14)15)1-3(2-13)11-6(5)7(9)10/h1,7,13H,2H2. The molecule has 0 fully saturated rings. The van der Waals surface area contributed by atoms with Gasteiger partial charge in [0.05, 0.1) is 17.2 Å². The molecule has 0 saturated heterocycles. The lowest BCUT2D eigenvalue weighted by molar-refractivity contribution is -0.385. The van der Waals surface area contributed by atoms with Crippen LogP contribution in [0.5, 0.6) is 0 Å². The summed E-state index contributed by atoms with van der Waals surface area (Å²) >= 11 is 5.36. The number of hydrogen-bond acceptors (Lipinski definition) is 4. The van der Waals surface area contributed by atoms with Crippen molar-refractivity contribution in [3.8, 4) is 0 Å². The average Bonchev–Trinajstić information content (AvgIpc) is 2.17. The Balaban J connectivity index is 3.40. The van der Waals surface area contributed by atoms with E-state index >= 15 is 0 Å². The molecule has 0 spiro atoms. The van der Waals surface area contributed by atoms with Crippen molar-refractivity contribution in [1.29, 1.82) is 0 Å². The minimum absolute atomic E-state index is 0.221. The summed E-state index contributed by atoms with van der Waals surface area (Å²) in [6.07, 6.45) is -3.03. The smallest absolute Gasteiger partial charge is 0.291 e. The number of pyridine rings is 1. The normalized spacial score (nSPS) is 10.7. The van der Waals surface area contributed by atoms with Crippen molar-refractivity contribution in [2.45, 2.75) is 13.0 Å². The molecule has 0 bridgehead atoms. The first-order chi connectivity index (χ1) is 6.97. The van der Waals surface area contributed by atoms with Gasteiger partial charge in [-0.1, -0.05) is 11.6 Å². The van der Waals surface area contributed by atoms with Gasteiger partial charge in [-0.3, -0.25) is 10.1 Å². The van der Waals surface area contributed by atoms with E-state index in [1.54, 1.807) is 0 Å². The van der Waals surface area contributed by atoms with Gasteiger partial charge in [0, 0.05) is 6.07 Å². The Morgan fingerprint density at radius 2 is 2.27 bits per heavy atom. The van der Waals surface area contributed by atoms with Crippen LogP contribution in [0.4, 0.5) is 14.5 Å². The van der Waals surface area contributed by atoms with E-state index in [1.165, 1.54) is 0 Å². The summed E-state index contributed by atoms with van der Waals surface area (Å²) in [5.74, 6) is 0. The largest absolute Gasteiger partial charge is 0.390 e. The molecule has 1 heterocycles. The highest BCUT2D eigenvalue weighted by Crippen LogP contribution is 2.33. The monoisotopic (exact) mass is 238 g/mol. The van der Waals surface area contributed by atoms with E-state index in [0.29, 0.717) is 0 Å². The van der Waals surface area contributed by atoms with Gasteiger partial charge in [0.25, 0.3) is 12.1 Å². The number of halogens is 3. The number of rotatable bonds is 3. The second-order valence-electron chi connectivity index (χ2n) is 2.55. The van der Waals surface area contributed by atoms with Gasteiger partial charge in [-0.15, -0.1) is 0 Å². The molecule has 8 heteroatoms. The molecule has 0 aliphatic heterocycles. The first-order valence-corrected chi connectivity index (χ1v) is 4.08. The van der Waals surface area contributed by atoms with Crippen LogP contribution in [0.3, 0.4) is 0 Å². The van der Waals surface area contributed by atoms with Crippen molar-refractivity contribution in [3.05, 3.63) is 32.6 Å². The van der Waals surface area contributed by atoms with Crippen LogP contribution in [-0.2, 0) is 6.61 Å². The Morgan fingerprint density at radius 3 is 2.67 bits per heavy atom. The van der Waals surface area contributed by atoms with E-state index in [-0.39, 0.29) is 5.69 Å². The molecule has 0 radical (unpaired) electrons. The van der Waals surface area contributed by atoms with Gasteiger partial charge in [-0.2, -0.15) is 0 Å². The maximum absolute atomic E-state index is 12.3. The second kappa shape index (κ2) is 4.45. The number of aliphatic hydroxyl groups excluding tert-OH is 1. The van der Waals surface area contributed by atoms with Crippen LogP contribution < -0.4 is 0 Å². The zero-order valence-corrected chi connectivity index (χ0v) is 7.91. The molecule has 1 rings (SSSR count). The minimum atomic E-state index is -3.03. The number of nitro groups is 1.